The first-order valence-electron chi connectivity index (χ1n) is 10.4. The third-order valence-electron chi connectivity index (χ3n) is 5.58. The monoisotopic (exact) mass is 424 g/mol. The fourth-order valence-electron chi connectivity index (χ4n) is 4.08. The zero-order valence-electron chi connectivity index (χ0n) is 16.8. The average Bonchev–Trinajstić information content (AvgIpc) is 3.27. The Morgan fingerprint density at radius 3 is 2.73 bits per heavy atom. The molecule has 1 aromatic carbocycles. The van der Waals surface area contributed by atoms with Crippen LogP contribution in [0, 0.1) is 11.3 Å². The smallest absolute Gasteiger partial charge is 0.344 e. The normalized spacial score (nSPS) is 14.8. The Kier molecular flexibility index (Phi) is 6.34. The molecule has 0 fully saturated rings. The number of anilines is 1. The van der Waals surface area contributed by atoms with Gasteiger partial charge in [-0.05, 0) is 73.8 Å². The van der Waals surface area contributed by atoms with Gasteiger partial charge in [-0.15, -0.1) is 11.3 Å². The van der Waals surface area contributed by atoms with E-state index in [1.54, 1.807) is 0 Å². The molecule has 0 spiro atoms. The van der Waals surface area contributed by atoms with Gasteiger partial charge in [0, 0.05) is 4.88 Å². The van der Waals surface area contributed by atoms with E-state index in [0.29, 0.717) is 16.3 Å². The molecule has 2 aliphatic rings. The van der Waals surface area contributed by atoms with Crippen LogP contribution in [0.2, 0.25) is 0 Å². The van der Waals surface area contributed by atoms with Crippen LogP contribution in [-0.4, -0.2) is 25.1 Å². The third-order valence-corrected chi connectivity index (χ3v) is 6.78. The molecule has 0 saturated carbocycles. The van der Waals surface area contributed by atoms with Crippen LogP contribution in [0.1, 0.15) is 52.8 Å². The lowest BCUT2D eigenvalue weighted by atomic mass is 10.1. The lowest BCUT2D eigenvalue weighted by Gasteiger charge is -2.09. The molecule has 0 bridgehead atoms. The van der Waals surface area contributed by atoms with E-state index in [9.17, 15) is 14.9 Å². The summed E-state index contributed by atoms with van der Waals surface area (Å²) in [4.78, 5) is 25.4. The predicted octanol–water partition coefficient (Wildman–Crippen LogP) is 3.94. The van der Waals surface area contributed by atoms with Crippen LogP contribution in [0.25, 0.3) is 0 Å². The summed E-state index contributed by atoms with van der Waals surface area (Å²) in [7, 11) is 0. The van der Waals surface area contributed by atoms with Gasteiger partial charge < -0.3 is 14.8 Å². The summed E-state index contributed by atoms with van der Waals surface area (Å²) in [6.07, 6.45) is 8.43. The van der Waals surface area contributed by atoms with Crippen LogP contribution in [0.4, 0.5) is 5.00 Å². The Labute approximate surface area is 179 Å². The SMILES string of the molecule is N#Cc1c(NC(=O)COC(=O)COc2ccc3c(c2)CCC3)sc2c1CCCCC2. The number of hydrogen-bond acceptors (Lipinski definition) is 6. The van der Waals surface area contributed by atoms with E-state index in [4.69, 9.17) is 9.47 Å². The molecule has 6 nitrogen and oxygen atoms in total. The van der Waals surface area contributed by atoms with Gasteiger partial charge in [0.25, 0.3) is 5.91 Å². The minimum atomic E-state index is -0.604. The van der Waals surface area contributed by atoms with E-state index < -0.39 is 18.5 Å². The van der Waals surface area contributed by atoms with Crippen LogP contribution < -0.4 is 10.1 Å². The van der Waals surface area contributed by atoms with E-state index in [1.807, 2.05) is 18.2 Å². The van der Waals surface area contributed by atoms with E-state index in [1.165, 1.54) is 27.3 Å². The maximum atomic E-state index is 12.2. The lowest BCUT2D eigenvalue weighted by Crippen LogP contribution is -2.23. The molecule has 2 aromatic rings. The number of hydrogen-bond donors (Lipinski definition) is 1. The van der Waals surface area contributed by atoms with Gasteiger partial charge >= 0.3 is 5.97 Å². The summed E-state index contributed by atoms with van der Waals surface area (Å²) in [6, 6.07) is 8.08. The lowest BCUT2D eigenvalue weighted by molar-refractivity contribution is -0.149. The predicted molar refractivity (Wildman–Crippen MR) is 114 cm³/mol. The van der Waals surface area contributed by atoms with Crippen LogP contribution in [0.5, 0.6) is 5.75 Å². The number of benzene rings is 1. The number of rotatable bonds is 6. The number of carbonyl (C=O) groups is 2. The van der Waals surface area contributed by atoms with Crippen LogP contribution in [0.3, 0.4) is 0 Å². The fourth-order valence-corrected chi connectivity index (χ4v) is 5.34. The average molecular weight is 425 g/mol. The minimum Gasteiger partial charge on any atom is -0.482 e. The second-order valence-corrected chi connectivity index (χ2v) is 8.77. The van der Waals surface area contributed by atoms with E-state index >= 15 is 0 Å². The van der Waals surface area contributed by atoms with Crippen LogP contribution in [-0.2, 0) is 40.0 Å². The van der Waals surface area contributed by atoms with Crippen molar-refractivity contribution in [2.75, 3.05) is 18.5 Å². The number of amides is 1. The van der Waals surface area contributed by atoms with Gasteiger partial charge in [0.2, 0.25) is 0 Å². The molecule has 30 heavy (non-hydrogen) atoms. The number of thiophene rings is 1. The Hall–Kier alpha value is -2.85. The number of nitrogens with one attached hydrogen (secondary N) is 1. The summed E-state index contributed by atoms with van der Waals surface area (Å²) in [6.45, 7) is -0.650. The number of carbonyl (C=O) groups excluding carboxylic acids is 2. The second kappa shape index (κ2) is 9.31. The third kappa shape index (κ3) is 4.65. The van der Waals surface area contributed by atoms with Crippen molar-refractivity contribution in [3.05, 3.63) is 45.3 Å². The molecule has 4 rings (SSSR count). The van der Waals surface area contributed by atoms with Crippen molar-refractivity contribution >= 4 is 28.2 Å². The van der Waals surface area contributed by atoms with Gasteiger partial charge in [-0.1, -0.05) is 12.5 Å². The topological polar surface area (TPSA) is 88.4 Å². The molecule has 2 aliphatic carbocycles. The first-order valence-corrected chi connectivity index (χ1v) is 11.2. The highest BCUT2D eigenvalue weighted by Crippen LogP contribution is 2.36. The second-order valence-electron chi connectivity index (χ2n) is 7.66. The van der Waals surface area contributed by atoms with Gasteiger partial charge in [-0.2, -0.15) is 5.26 Å². The van der Waals surface area contributed by atoms with Crippen molar-refractivity contribution < 1.29 is 19.1 Å². The molecule has 0 radical (unpaired) electrons. The van der Waals surface area contributed by atoms with Gasteiger partial charge in [-0.3, -0.25) is 4.79 Å². The first-order chi connectivity index (χ1) is 14.6. The number of ether oxygens (including phenoxy) is 2. The number of fused-ring (bicyclic) bond motifs is 2. The Morgan fingerprint density at radius 2 is 1.87 bits per heavy atom. The molecule has 0 atom stereocenters. The van der Waals surface area contributed by atoms with Crippen molar-refractivity contribution in [1.29, 1.82) is 5.26 Å². The maximum absolute atomic E-state index is 12.2. The van der Waals surface area contributed by atoms with E-state index in [-0.39, 0.29) is 6.61 Å². The van der Waals surface area contributed by atoms with Crippen molar-refractivity contribution in [2.45, 2.75) is 51.4 Å². The van der Waals surface area contributed by atoms with Crippen LogP contribution in [0.15, 0.2) is 18.2 Å². The summed E-state index contributed by atoms with van der Waals surface area (Å²) < 4.78 is 10.5. The molecule has 0 aliphatic heterocycles. The molecular weight excluding hydrogens is 400 g/mol. The van der Waals surface area contributed by atoms with Gasteiger partial charge in [0.15, 0.2) is 13.2 Å². The van der Waals surface area contributed by atoms with Crippen molar-refractivity contribution in [1.82, 2.24) is 0 Å². The van der Waals surface area contributed by atoms with Crippen molar-refractivity contribution in [3.63, 3.8) is 0 Å². The highest BCUT2D eigenvalue weighted by atomic mass is 32.1. The quantitative estimate of drug-likeness (QED) is 0.561. The molecule has 1 heterocycles. The van der Waals surface area contributed by atoms with Crippen LogP contribution >= 0.6 is 11.3 Å². The van der Waals surface area contributed by atoms with Crippen molar-refractivity contribution in [3.8, 4) is 11.8 Å². The molecule has 0 unspecified atom stereocenters. The summed E-state index contributed by atoms with van der Waals surface area (Å²) in [5, 5.41) is 12.8. The summed E-state index contributed by atoms with van der Waals surface area (Å²) >= 11 is 1.46. The molecule has 1 amide bonds. The molecule has 1 N–H and O–H groups in total. The minimum absolute atomic E-state index is 0.247. The highest BCUT2D eigenvalue weighted by molar-refractivity contribution is 7.16. The molecule has 0 saturated heterocycles. The van der Waals surface area contributed by atoms with Gasteiger partial charge in [0.1, 0.15) is 16.8 Å². The zero-order valence-corrected chi connectivity index (χ0v) is 17.6. The molecule has 1 aromatic heterocycles. The number of nitriles is 1. The largest absolute Gasteiger partial charge is 0.482 e. The molecule has 156 valence electrons. The first kappa shape index (κ1) is 20.4. The fraction of sp³-hybridized carbons (Fsp3) is 0.435. The summed E-state index contributed by atoms with van der Waals surface area (Å²) in [5.74, 6) is -0.419. The Bertz CT molecular complexity index is 1010. The number of aryl methyl sites for hydroxylation is 3. The molecule has 7 heteroatoms. The summed E-state index contributed by atoms with van der Waals surface area (Å²) in [5.41, 5.74) is 4.22. The van der Waals surface area contributed by atoms with Crippen molar-refractivity contribution in [2.24, 2.45) is 0 Å². The zero-order chi connectivity index (χ0) is 20.9. The van der Waals surface area contributed by atoms with E-state index in [0.717, 1.165) is 56.9 Å². The van der Waals surface area contributed by atoms with E-state index in [2.05, 4.69) is 11.4 Å². The standard InChI is InChI=1S/C23H24N2O4S/c24-12-19-18-7-2-1-3-8-20(18)30-23(19)25-21(26)13-29-22(27)14-28-17-10-9-15-5-4-6-16(15)11-17/h9-11H,1-8,13-14H2,(H,25,26). The van der Waals surface area contributed by atoms with Gasteiger partial charge in [0.05, 0.1) is 5.56 Å². The molecular formula is C23H24N2O4S. The number of esters is 1. The highest BCUT2D eigenvalue weighted by Gasteiger charge is 2.21. The Morgan fingerprint density at radius 1 is 1.03 bits per heavy atom. The number of nitrogens with zero attached hydrogens (tertiary/aromatic N) is 1. The maximum Gasteiger partial charge on any atom is 0.344 e. The Balaban J connectivity index is 1.27. The van der Waals surface area contributed by atoms with Gasteiger partial charge in [-0.25, -0.2) is 4.79 Å².